The van der Waals surface area contributed by atoms with Crippen molar-refractivity contribution in [3.63, 3.8) is 0 Å². The molecule has 0 amide bonds. The molecule has 0 spiro atoms. The number of rotatable bonds is 10. The fourth-order valence-electron chi connectivity index (χ4n) is 1.97. The molecule has 1 aromatic rings. The number of unbranched alkanes of at least 4 members (excludes halogenated alkanes) is 1. The first-order chi connectivity index (χ1) is 9.62. The number of ether oxygens (including phenoxy) is 1. The third-order valence-electron chi connectivity index (χ3n) is 3.18. The topological polar surface area (TPSA) is 67.0 Å². The maximum absolute atomic E-state index is 11.9. The van der Waals surface area contributed by atoms with Gasteiger partial charge >= 0.3 is 5.97 Å². The predicted octanol–water partition coefficient (Wildman–Crippen LogP) is 2.60. The van der Waals surface area contributed by atoms with Crippen molar-refractivity contribution in [3.8, 4) is 0 Å². The van der Waals surface area contributed by atoms with Crippen LogP contribution in [0.15, 0.2) is 17.6 Å². The number of nitrogens with one attached hydrogen (secondary N) is 2. The van der Waals surface area contributed by atoms with Crippen molar-refractivity contribution < 1.29 is 9.53 Å². The number of imidazole rings is 1. The predicted molar refractivity (Wildman–Crippen MR) is 81.9 cm³/mol. The molecular weight excluding hydrogens is 274 g/mol. The van der Waals surface area contributed by atoms with Crippen LogP contribution in [0, 0.1) is 0 Å². The molecule has 1 rings (SSSR count). The normalized spacial score (nSPS) is 13.9. The Balaban J connectivity index is 2.29. The molecule has 0 saturated carbocycles. The summed E-state index contributed by atoms with van der Waals surface area (Å²) in [6.07, 6.45) is 7.40. The van der Waals surface area contributed by atoms with Crippen molar-refractivity contribution in [1.82, 2.24) is 15.3 Å². The van der Waals surface area contributed by atoms with E-state index in [2.05, 4.69) is 22.2 Å². The lowest BCUT2D eigenvalue weighted by molar-refractivity contribution is -0.148. The van der Waals surface area contributed by atoms with E-state index in [0.29, 0.717) is 0 Å². The second kappa shape index (κ2) is 9.02. The van der Waals surface area contributed by atoms with Gasteiger partial charge in [0, 0.05) is 18.1 Å². The van der Waals surface area contributed by atoms with Gasteiger partial charge in [0.25, 0.3) is 0 Å². The number of H-pyrrole nitrogens is 1. The lowest BCUT2D eigenvalue weighted by atomic mass is 9.95. The van der Waals surface area contributed by atoms with Crippen LogP contribution in [0.1, 0.15) is 39.5 Å². The highest BCUT2D eigenvalue weighted by atomic mass is 32.2. The van der Waals surface area contributed by atoms with E-state index in [9.17, 15) is 4.79 Å². The monoisotopic (exact) mass is 299 g/mol. The summed E-state index contributed by atoms with van der Waals surface area (Å²) in [5.41, 5.74) is -0.569. The number of methoxy groups -OCH3 is 1. The van der Waals surface area contributed by atoms with E-state index in [1.807, 2.05) is 13.1 Å². The molecule has 5 nitrogen and oxygen atoms in total. The van der Waals surface area contributed by atoms with Crippen LogP contribution in [-0.2, 0) is 9.53 Å². The summed E-state index contributed by atoms with van der Waals surface area (Å²) in [5, 5.41) is 4.25. The lowest BCUT2D eigenvalue weighted by Gasteiger charge is -2.28. The van der Waals surface area contributed by atoms with Crippen molar-refractivity contribution in [2.45, 2.75) is 50.2 Å². The molecule has 0 aromatic carbocycles. The van der Waals surface area contributed by atoms with Crippen LogP contribution < -0.4 is 5.32 Å². The highest BCUT2D eigenvalue weighted by Crippen LogP contribution is 2.19. The minimum Gasteiger partial charge on any atom is -0.468 e. The molecular formula is C14H25N3O2S. The van der Waals surface area contributed by atoms with Gasteiger partial charge in [0.15, 0.2) is 5.16 Å². The SMILES string of the molecule is CCCNC(C)(CCCCSc1ncc[nH]1)C(=O)OC. The zero-order chi connectivity index (χ0) is 14.8. The molecule has 0 radical (unpaired) electrons. The first kappa shape index (κ1) is 17.0. The molecule has 20 heavy (non-hydrogen) atoms. The first-order valence-corrected chi connectivity index (χ1v) is 8.06. The van der Waals surface area contributed by atoms with Crippen LogP contribution in [0.3, 0.4) is 0 Å². The summed E-state index contributed by atoms with van der Waals surface area (Å²) in [7, 11) is 1.45. The highest BCUT2D eigenvalue weighted by Gasteiger charge is 2.32. The fraction of sp³-hybridized carbons (Fsp3) is 0.714. The Bertz CT molecular complexity index is 384. The van der Waals surface area contributed by atoms with Gasteiger partial charge in [0.1, 0.15) is 5.54 Å². The molecule has 6 heteroatoms. The number of thioether (sulfide) groups is 1. The van der Waals surface area contributed by atoms with Gasteiger partial charge in [-0.2, -0.15) is 0 Å². The average molecular weight is 299 g/mol. The van der Waals surface area contributed by atoms with E-state index in [1.54, 1.807) is 18.0 Å². The zero-order valence-electron chi connectivity index (χ0n) is 12.6. The molecule has 0 aliphatic heterocycles. The molecule has 1 aromatic heterocycles. The number of aromatic amines is 1. The number of carbonyl (C=O) groups is 1. The average Bonchev–Trinajstić information content (AvgIpc) is 2.97. The van der Waals surface area contributed by atoms with Gasteiger partial charge in [0.2, 0.25) is 0 Å². The number of hydrogen-bond acceptors (Lipinski definition) is 5. The molecule has 0 bridgehead atoms. The Hall–Kier alpha value is -1.01. The summed E-state index contributed by atoms with van der Waals surface area (Å²) in [5.74, 6) is 0.822. The molecule has 1 heterocycles. The van der Waals surface area contributed by atoms with Gasteiger partial charge in [-0.05, 0) is 32.7 Å². The van der Waals surface area contributed by atoms with E-state index in [4.69, 9.17) is 4.74 Å². The summed E-state index contributed by atoms with van der Waals surface area (Å²) in [6.45, 7) is 4.84. The lowest BCUT2D eigenvalue weighted by Crippen LogP contribution is -2.50. The Morgan fingerprint density at radius 3 is 2.95 bits per heavy atom. The minimum atomic E-state index is -0.569. The van der Waals surface area contributed by atoms with Crippen LogP contribution in [0.5, 0.6) is 0 Å². The number of esters is 1. The van der Waals surface area contributed by atoms with Crippen molar-refractivity contribution in [3.05, 3.63) is 12.4 Å². The fourth-order valence-corrected chi connectivity index (χ4v) is 2.80. The van der Waals surface area contributed by atoms with Gasteiger partial charge in [-0.25, -0.2) is 4.98 Å². The largest absolute Gasteiger partial charge is 0.468 e. The third kappa shape index (κ3) is 5.54. The van der Waals surface area contributed by atoms with E-state index >= 15 is 0 Å². The summed E-state index contributed by atoms with van der Waals surface area (Å²) in [6, 6.07) is 0. The molecule has 0 aliphatic carbocycles. The molecule has 1 unspecified atom stereocenters. The summed E-state index contributed by atoms with van der Waals surface area (Å²) >= 11 is 1.71. The number of carbonyl (C=O) groups excluding carboxylic acids is 1. The molecule has 0 aliphatic rings. The molecule has 0 fully saturated rings. The van der Waals surface area contributed by atoms with Crippen LogP contribution >= 0.6 is 11.8 Å². The summed E-state index contributed by atoms with van der Waals surface area (Å²) in [4.78, 5) is 19.1. The Labute approximate surface area is 125 Å². The van der Waals surface area contributed by atoms with Gasteiger partial charge in [-0.15, -0.1) is 0 Å². The van der Waals surface area contributed by atoms with Crippen molar-refractivity contribution in [2.75, 3.05) is 19.4 Å². The summed E-state index contributed by atoms with van der Waals surface area (Å²) < 4.78 is 4.91. The number of aromatic nitrogens is 2. The smallest absolute Gasteiger partial charge is 0.325 e. The zero-order valence-corrected chi connectivity index (χ0v) is 13.4. The second-order valence-corrected chi connectivity index (χ2v) is 6.03. The Morgan fingerprint density at radius 2 is 2.35 bits per heavy atom. The number of nitrogens with zero attached hydrogens (tertiary/aromatic N) is 1. The van der Waals surface area contributed by atoms with Crippen LogP contribution in [0.4, 0.5) is 0 Å². The van der Waals surface area contributed by atoms with Gasteiger partial charge in [-0.1, -0.05) is 25.1 Å². The van der Waals surface area contributed by atoms with Gasteiger partial charge in [-0.3, -0.25) is 4.79 Å². The Morgan fingerprint density at radius 1 is 1.55 bits per heavy atom. The van der Waals surface area contributed by atoms with Gasteiger partial charge < -0.3 is 15.0 Å². The van der Waals surface area contributed by atoms with Crippen molar-refractivity contribution in [2.24, 2.45) is 0 Å². The molecule has 0 saturated heterocycles. The molecule has 2 N–H and O–H groups in total. The number of hydrogen-bond donors (Lipinski definition) is 2. The van der Waals surface area contributed by atoms with Crippen LogP contribution in [0.25, 0.3) is 0 Å². The molecule has 1 atom stereocenters. The molecule has 114 valence electrons. The van der Waals surface area contributed by atoms with Crippen LogP contribution in [0.2, 0.25) is 0 Å². The first-order valence-electron chi connectivity index (χ1n) is 7.08. The van der Waals surface area contributed by atoms with Crippen molar-refractivity contribution >= 4 is 17.7 Å². The standard InChI is InChI=1S/C14H25N3O2S/c1-4-8-17-14(2,12(18)19-3)7-5-6-11-20-13-15-9-10-16-13/h9-10,17H,4-8,11H2,1-3H3,(H,15,16). The van der Waals surface area contributed by atoms with E-state index in [0.717, 1.165) is 43.1 Å². The van der Waals surface area contributed by atoms with Crippen molar-refractivity contribution in [1.29, 1.82) is 0 Å². The highest BCUT2D eigenvalue weighted by molar-refractivity contribution is 7.99. The third-order valence-corrected chi connectivity index (χ3v) is 4.17. The van der Waals surface area contributed by atoms with Crippen LogP contribution in [-0.4, -0.2) is 40.9 Å². The van der Waals surface area contributed by atoms with Gasteiger partial charge in [0.05, 0.1) is 7.11 Å². The maximum Gasteiger partial charge on any atom is 0.325 e. The second-order valence-electron chi connectivity index (χ2n) is 4.95. The maximum atomic E-state index is 11.9. The minimum absolute atomic E-state index is 0.176. The Kier molecular flexibility index (Phi) is 7.69. The quantitative estimate of drug-likeness (QED) is 0.395. The van der Waals surface area contributed by atoms with E-state index < -0.39 is 5.54 Å². The van der Waals surface area contributed by atoms with E-state index in [1.165, 1.54) is 7.11 Å². The van der Waals surface area contributed by atoms with E-state index in [-0.39, 0.29) is 5.97 Å².